The SMILES string of the molecule is CC(COCC(F)(F)F)NC(=O)c1ccc2nc[nH]c2c1. The predicted molar refractivity (Wildman–Crippen MR) is 69.9 cm³/mol. The monoisotopic (exact) mass is 301 g/mol. The van der Waals surface area contributed by atoms with Crippen molar-refractivity contribution in [3.8, 4) is 0 Å². The first-order valence-corrected chi connectivity index (χ1v) is 6.23. The van der Waals surface area contributed by atoms with E-state index in [1.54, 1.807) is 25.1 Å². The quantitative estimate of drug-likeness (QED) is 0.890. The highest BCUT2D eigenvalue weighted by Crippen LogP contribution is 2.14. The number of carbonyl (C=O) groups excluding carboxylic acids is 1. The lowest BCUT2D eigenvalue weighted by Gasteiger charge is -2.15. The van der Waals surface area contributed by atoms with E-state index in [1.807, 2.05) is 0 Å². The molecule has 1 atom stereocenters. The number of halogens is 3. The van der Waals surface area contributed by atoms with E-state index in [-0.39, 0.29) is 12.5 Å². The van der Waals surface area contributed by atoms with E-state index in [9.17, 15) is 18.0 Å². The summed E-state index contributed by atoms with van der Waals surface area (Å²) in [5.41, 5.74) is 1.84. The zero-order chi connectivity index (χ0) is 15.5. The van der Waals surface area contributed by atoms with Crippen molar-refractivity contribution in [1.82, 2.24) is 15.3 Å². The molecule has 0 aliphatic carbocycles. The van der Waals surface area contributed by atoms with Crippen LogP contribution < -0.4 is 5.32 Å². The van der Waals surface area contributed by atoms with Crippen LogP contribution in [0.4, 0.5) is 13.2 Å². The van der Waals surface area contributed by atoms with Gasteiger partial charge in [0, 0.05) is 11.6 Å². The fourth-order valence-corrected chi connectivity index (χ4v) is 1.78. The number of aromatic nitrogens is 2. The summed E-state index contributed by atoms with van der Waals surface area (Å²) in [7, 11) is 0. The third kappa shape index (κ3) is 4.45. The molecule has 0 bridgehead atoms. The zero-order valence-corrected chi connectivity index (χ0v) is 11.2. The van der Waals surface area contributed by atoms with Crippen molar-refractivity contribution in [2.45, 2.75) is 19.1 Å². The molecule has 2 aromatic rings. The van der Waals surface area contributed by atoms with Gasteiger partial charge in [0.1, 0.15) is 6.61 Å². The average molecular weight is 301 g/mol. The standard InChI is InChI=1S/C13H14F3N3O2/c1-8(5-21-6-13(14,15)16)19-12(20)9-2-3-10-11(4-9)18-7-17-10/h2-4,7-8H,5-6H2,1H3,(H,17,18)(H,19,20). The van der Waals surface area contributed by atoms with Gasteiger partial charge in [0.15, 0.2) is 0 Å². The first-order valence-electron chi connectivity index (χ1n) is 6.23. The van der Waals surface area contributed by atoms with Crippen LogP contribution in [0.3, 0.4) is 0 Å². The molecule has 0 spiro atoms. The Morgan fingerprint density at radius 2 is 2.24 bits per heavy atom. The summed E-state index contributed by atoms with van der Waals surface area (Å²) in [5.74, 6) is -0.380. The first-order chi connectivity index (χ1) is 9.85. The number of ether oxygens (including phenoxy) is 1. The highest BCUT2D eigenvalue weighted by atomic mass is 19.4. The molecule has 8 heteroatoms. The summed E-state index contributed by atoms with van der Waals surface area (Å²) in [6.07, 6.45) is -2.85. The van der Waals surface area contributed by atoms with Crippen LogP contribution in [-0.2, 0) is 4.74 Å². The highest BCUT2D eigenvalue weighted by Gasteiger charge is 2.27. The van der Waals surface area contributed by atoms with Crippen molar-refractivity contribution in [2.75, 3.05) is 13.2 Å². The molecule has 0 saturated heterocycles. The number of nitrogens with zero attached hydrogens (tertiary/aromatic N) is 1. The second-order valence-electron chi connectivity index (χ2n) is 4.64. The number of fused-ring (bicyclic) bond motifs is 1. The number of imidazole rings is 1. The predicted octanol–water partition coefficient (Wildman–Crippen LogP) is 2.26. The van der Waals surface area contributed by atoms with Crippen molar-refractivity contribution in [1.29, 1.82) is 0 Å². The summed E-state index contributed by atoms with van der Waals surface area (Å²) >= 11 is 0. The van der Waals surface area contributed by atoms with E-state index in [0.29, 0.717) is 11.1 Å². The smallest absolute Gasteiger partial charge is 0.370 e. The molecular formula is C13H14F3N3O2. The maximum atomic E-state index is 12.0. The Hall–Kier alpha value is -2.09. The summed E-state index contributed by atoms with van der Waals surface area (Å²) in [6.45, 7) is 0.0356. The van der Waals surface area contributed by atoms with Gasteiger partial charge in [-0.1, -0.05) is 0 Å². The molecule has 1 aromatic heterocycles. The highest BCUT2D eigenvalue weighted by molar-refractivity contribution is 5.97. The van der Waals surface area contributed by atoms with Crippen molar-refractivity contribution >= 4 is 16.9 Å². The van der Waals surface area contributed by atoms with Crippen LogP contribution in [0.1, 0.15) is 17.3 Å². The van der Waals surface area contributed by atoms with E-state index in [0.717, 1.165) is 5.52 Å². The van der Waals surface area contributed by atoms with Gasteiger partial charge in [0.05, 0.1) is 24.0 Å². The van der Waals surface area contributed by atoms with Gasteiger partial charge in [0.2, 0.25) is 0 Å². The first kappa shape index (κ1) is 15.3. The van der Waals surface area contributed by atoms with Crippen LogP contribution in [0.5, 0.6) is 0 Å². The van der Waals surface area contributed by atoms with E-state index in [4.69, 9.17) is 0 Å². The van der Waals surface area contributed by atoms with Gasteiger partial charge in [-0.3, -0.25) is 4.79 Å². The van der Waals surface area contributed by atoms with E-state index in [2.05, 4.69) is 20.0 Å². The lowest BCUT2D eigenvalue weighted by molar-refractivity contribution is -0.174. The number of alkyl halides is 3. The van der Waals surface area contributed by atoms with E-state index >= 15 is 0 Å². The minimum Gasteiger partial charge on any atom is -0.370 e. The van der Waals surface area contributed by atoms with Crippen LogP contribution >= 0.6 is 0 Å². The third-order valence-electron chi connectivity index (χ3n) is 2.69. The number of benzene rings is 1. The van der Waals surface area contributed by atoms with Gasteiger partial charge in [-0.05, 0) is 25.1 Å². The van der Waals surface area contributed by atoms with Crippen LogP contribution in [0.2, 0.25) is 0 Å². The van der Waals surface area contributed by atoms with Crippen molar-refractivity contribution < 1.29 is 22.7 Å². The Balaban J connectivity index is 1.88. The summed E-state index contributed by atoms with van der Waals surface area (Å²) in [6, 6.07) is 4.38. The van der Waals surface area contributed by atoms with Gasteiger partial charge in [-0.15, -0.1) is 0 Å². The largest absolute Gasteiger partial charge is 0.411 e. The fraction of sp³-hybridized carbons (Fsp3) is 0.385. The number of amides is 1. The van der Waals surface area contributed by atoms with Crippen LogP contribution in [-0.4, -0.2) is 41.3 Å². The lowest BCUT2D eigenvalue weighted by atomic mass is 10.2. The second kappa shape index (κ2) is 6.13. The summed E-state index contributed by atoms with van der Waals surface area (Å²) in [5, 5.41) is 2.57. The summed E-state index contributed by atoms with van der Waals surface area (Å²) in [4.78, 5) is 18.9. The Labute approximate surface area is 118 Å². The molecule has 0 aliphatic rings. The molecule has 2 rings (SSSR count). The number of rotatable bonds is 5. The van der Waals surface area contributed by atoms with Crippen LogP contribution in [0.25, 0.3) is 11.0 Å². The Morgan fingerprint density at radius 3 is 2.95 bits per heavy atom. The van der Waals surface area contributed by atoms with E-state index < -0.39 is 18.8 Å². The molecule has 1 heterocycles. The Bertz CT molecular complexity index is 624. The number of hydrogen-bond acceptors (Lipinski definition) is 3. The van der Waals surface area contributed by atoms with Gasteiger partial charge >= 0.3 is 6.18 Å². The topological polar surface area (TPSA) is 67.0 Å². The van der Waals surface area contributed by atoms with Crippen molar-refractivity contribution in [2.24, 2.45) is 0 Å². The normalized spacial score (nSPS) is 13.3. The molecule has 2 N–H and O–H groups in total. The number of H-pyrrole nitrogens is 1. The van der Waals surface area contributed by atoms with Crippen LogP contribution in [0, 0.1) is 0 Å². The zero-order valence-electron chi connectivity index (χ0n) is 11.2. The second-order valence-corrected chi connectivity index (χ2v) is 4.64. The van der Waals surface area contributed by atoms with Gasteiger partial charge in [-0.2, -0.15) is 13.2 Å². The lowest BCUT2D eigenvalue weighted by Crippen LogP contribution is -2.36. The van der Waals surface area contributed by atoms with Crippen LogP contribution in [0.15, 0.2) is 24.5 Å². The molecule has 0 fully saturated rings. The van der Waals surface area contributed by atoms with Gasteiger partial charge in [-0.25, -0.2) is 4.98 Å². The number of aromatic amines is 1. The molecular weight excluding hydrogens is 287 g/mol. The third-order valence-corrected chi connectivity index (χ3v) is 2.69. The molecule has 0 radical (unpaired) electrons. The van der Waals surface area contributed by atoms with Crippen molar-refractivity contribution in [3.05, 3.63) is 30.1 Å². The number of hydrogen-bond donors (Lipinski definition) is 2. The minimum atomic E-state index is -4.37. The number of carbonyl (C=O) groups is 1. The Kier molecular flexibility index (Phi) is 4.46. The van der Waals surface area contributed by atoms with Gasteiger partial charge in [0.25, 0.3) is 5.91 Å². The molecule has 1 aromatic carbocycles. The molecule has 21 heavy (non-hydrogen) atoms. The van der Waals surface area contributed by atoms with Gasteiger partial charge < -0.3 is 15.0 Å². The molecule has 114 valence electrons. The average Bonchev–Trinajstić information content (AvgIpc) is 2.83. The van der Waals surface area contributed by atoms with Crippen molar-refractivity contribution in [3.63, 3.8) is 0 Å². The fourth-order valence-electron chi connectivity index (χ4n) is 1.78. The Morgan fingerprint density at radius 1 is 1.48 bits per heavy atom. The summed E-state index contributed by atoms with van der Waals surface area (Å²) < 4.78 is 40.3. The molecule has 1 unspecified atom stereocenters. The molecule has 1 amide bonds. The molecule has 0 saturated carbocycles. The minimum absolute atomic E-state index is 0.211. The molecule has 5 nitrogen and oxygen atoms in total. The molecule has 0 aliphatic heterocycles. The van der Waals surface area contributed by atoms with E-state index in [1.165, 1.54) is 6.33 Å². The maximum Gasteiger partial charge on any atom is 0.411 e. The maximum absolute atomic E-state index is 12.0. The number of nitrogens with one attached hydrogen (secondary N) is 2.